The fraction of sp³-hybridized carbons (Fsp3) is 0.630. The minimum absolute atomic E-state index is 0.428. The smallest absolute Gasteiger partial charge is 0.317 e. The van der Waals surface area contributed by atoms with Gasteiger partial charge in [-0.3, -0.25) is 0 Å². The van der Waals surface area contributed by atoms with Crippen molar-refractivity contribution in [3.63, 3.8) is 0 Å². The Kier molecular flexibility index (Phi) is 12.7. The molecule has 0 N–H and O–H groups in total. The summed E-state index contributed by atoms with van der Waals surface area (Å²) >= 11 is 0. The first-order valence-corrected chi connectivity index (χ1v) is 12.4. The number of nitrogens with zero attached hydrogens (tertiary/aromatic N) is 2. The van der Waals surface area contributed by atoms with Gasteiger partial charge in [-0.15, -0.1) is 0 Å². The second kappa shape index (κ2) is 15.7. The van der Waals surface area contributed by atoms with Gasteiger partial charge in [0.15, 0.2) is 5.75 Å². The van der Waals surface area contributed by atoms with Crippen LogP contribution in [0, 0.1) is 5.92 Å². The van der Waals surface area contributed by atoms with Crippen molar-refractivity contribution in [3.05, 3.63) is 36.5 Å². The zero-order valence-corrected chi connectivity index (χ0v) is 19.9. The molecule has 0 aliphatic heterocycles. The van der Waals surface area contributed by atoms with Crippen molar-refractivity contribution < 1.29 is 9.47 Å². The monoisotopic (exact) mass is 426 g/mol. The Balaban J connectivity index is 1.83. The van der Waals surface area contributed by atoms with Crippen molar-refractivity contribution in [1.29, 1.82) is 0 Å². The van der Waals surface area contributed by atoms with Crippen molar-refractivity contribution >= 4 is 0 Å². The highest BCUT2D eigenvalue weighted by atomic mass is 16.5. The van der Waals surface area contributed by atoms with Crippen molar-refractivity contribution in [2.24, 2.45) is 5.92 Å². The lowest BCUT2D eigenvalue weighted by atomic mass is 10.1. The van der Waals surface area contributed by atoms with Gasteiger partial charge in [-0.2, -0.15) is 9.97 Å². The summed E-state index contributed by atoms with van der Waals surface area (Å²) in [4.78, 5) is 9.06. The molecule has 0 radical (unpaired) electrons. The molecule has 0 saturated carbocycles. The van der Waals surface area contributed by atoms with Gasteiger partial charge in [-0.1, -0.05) is 109 Å². The summed E-state index contributed by atoms with van der Waals surface area (Å²) in [5.74, 6) is 1.38. The van der Waals surface area contributed by atoms with Crippen molar-refractivity contribution in [1.82, 2.24) is 9.97 Å². The number of ether oxygens (including phenoxy) is 2. The van der Waals surface area contributed by atoms with Gasteiger partial charge in [0.2, 0.25) is 0 Å². The highest BCUT2D eigenvalue weighted by Crippen LogP contribution is 2.29. The van der Waals surface area contributed by atoms with Gasteiger partial charge in [0.05, 0.1) is 19.4 Å². The fourth-order valence-corrected chi connectivity index (χ4v) is 3.48. The fourth-order valence-electron chi connectivity index (χ4n) is 3.48. The van der Waals surface area contributed by atoms with Gasteiger partial charge < -0.3 is 9.47 Å². The van der Waals surface area contributed by atoms with Crippen molar-refractivity contribution in [2.75, 3.05) is 13.2 Å². The van der Waals surface area contributed by atoms with E-state index >= 15 is 0 Å². The standard InChI is InChI=1S/C27H42N2O2/c1-4-6-7-8-9-10-11-12-16-20-30-25-22-28-27(31-21-19-23(3)5-2)29-26(25)24-17-14-13-15-18-24/h13-15,17-18,22-23H,4-12,16,19-21H2,1-3H3. The normalized spacial score (nSPS) is 12.0. The molecule has 4 nitrogen and oxygen atoms in total. The van der Waals surface area contributed by atoms with E-state index in [2.05, 4.69) is 42.9 Å². The van der Waals surface area contributed by atoms with Crippen LogP contribution in [-0.2, 0) is 0 Å². The molecular formula is C27H42N2O2. The van der Waals surface area contributed by atoms with Crippen LogP contribution in [0.3, 0.4) is 0 Å². The highest BCUT2D eigenvalue weighted by molar-refractivity contribution is 5.65. The molecule has 172 valence electrons. The molecule has 1 heterocycles. The number of unbranched alkanes of at least 4 members (excludes halogenated alkanes) is 8. The number of rotatable bonds is 17. The van der Waals surface area contributed by atoms with Crippen LogP contribution in [-0.4, -0.2) is 23.2 Å². The molecule has 0 fully saturated rings. The number of hydrogen-bond donors (Lipinski definition) is 0. The van der Waals surface area contributed by atoms with Gasteiger partial charge in [-0.05, 0) is 18.8 Å². The molecule has 0 bridgehead atoms. The largest absolute Gasteiger partial charge is 0.490 e. The molecule has 1 aromatic carbocycles. The second-order valence-electron chi connectivity index (χ2n) is 8.56. The molecule has 2 aromatic rings. The average Bonchev–Trinajstić information content (AvgIpc) is 2.81. The molecule has 0 aliphatic carbocycles. The number of benzene rings is 1. The first-order valence-electron chi connectivity index (χ1n) is 12.4. The van der Waals surface area contributed by atoms with E-state index < -0.39 is 0 Å². The van der Waals surface area contributed by atoms with Crippen LogP contribution < -0.4 is 9.47 Å². The Hall–Kier alpha value is -2.10. The third-order valence-corrected chi connectivity index (χ3v) is 5.82. The van der Waals surface area contributed by atoms with E-state index in [1.54, 1.807) is 6.20 Å². The van der Waals surface area contributed by atoms with Crippen LogP contribution in [0.4, 0.5) is 0 Å². The predicted octanol–water partition coefficient (Wildman–Crippen LogP) is 7.87. The summed E-state index contributed by atoms with van der Waals surface area (Å²) in [6.45, 7) is 8.05. The van der Waals surface area contributed by atoms with E-state index in [9.17, 15) is 0 Å². The minimum atomic E-state index is 0.428. The summed E-state index contributed by atoms with van der Waals surface area (Å²) in [7, 11) is 0. The van der Waals surface area contributed by atoms with E-state index in [1.807, 2.05) is 18.2 Å². The molecule has 31 heavy (non-hydrogen) atoms. The lowest BCUT2D eigenvalue weighted by molar-refractivity contribution is 0.258. The van der Waals surface area contributed by atoms with Gasteiger partial charge in [-0.25, -0.2) is 0 Å². The predicted molar refractivity (Wildman–Crippen MR) is 130 cm³/mol. The van der Waals surface area contributed by atoms with Gasteiger partial charge in [0.1, 0.15) is 5.69 Å². The maximum atomic E-state index is 6.09. The van der Waals surface area contributed by atoms with Gasteiger partial charge in [0, 0.05) is 5.56 Å². The molecule has 1 atom stereocenters. The minimum Gasteiger partial charge on any atom is -0.490 e. The molecule has 2 rings (SSSR count). The maximum Gasteiger partial charge on any atom is 0.317 e. The molecule has 0 amide bonds. The molecule has 1 aromatic heterocycles. The topological polar surface area (TPSA) is 44.2 Å². The zero-order valence-electron chi connectivity index (χ0n) is 19.9. The lowest BCUT2D eigenvalue weighted by Gasteiger charge is -2.13. The van der Waals surface area contributed by atoms with Crippen LogP contribution >= 0.6 is 0 Å². The van der Waals surface area contributed by atoms with Gasteiger partial charge in [0.25, 0.3) is 0 Å². The summed E-state index contributed by atoms with van der Waals surface area (Å²) in [5, 5.41) is 0. The molecular weight excluding hydrogens is 384 g/mol. The van der Waals surface area contributed by atoms with Crippen LogP contribution in [0.1, 0.15) is 91.4 Å². The summed E-state index contributed by atoms with van der Waals surface area (Å²) in [5.41, 5.74) is 1.84. The molecule has 0 aliphatic rings. The van der Waals surface area contributed by atoms with E-state index in [0.29, 0.717) is 25.1 Å². The van der Waals surface area contributed by atoms with Crippen molar-refractivity contribution in [3.8, 4) is 23.0 Å². The van der Waals surface area contributed by atoms with E-state index in [-0.39, 0.29) is 0 Å². The summed E-state index contributed by atoms with van der Waals surface area (Å²) in [6, 6.07) is 10.6. The number of aromatic nitrogens is 2. The van der Waals surface area contributed by atoms with Crippen LogP contribution in [0.5, 0.6) is 11.8 Å². The number of hydrogen-bond acceptors (Lipinski definition) is 4. The quantitative estimate of drug-likeness (QED) is 0.241. The molecule has 4 heteroatoms. The van der Waals surface area contributed by atoms with E-state index in [0.717, 1.165) is 36.3 Å². The molecule has 0 saturated heterocycles. The average molecular weight is 427 g/mol. The maximum absolute atomic E-state index is 6.09. The second-order valence-corrected chi connectivity index (χ2v) is 8.56. The Labute approximate surface area is 189 Å². The van der Waals surface area contributed by atoms with E-state index in [1.165, 1.54) is 51.4 Å². The lowest BCUT2D eigenvalue weighted by Crippen LogP contribution is -2.07. The summed E-state index contributed by atoms with van der Waals surface area (Å²) in [6.07, 6.45) is 15.7. The van der Waals surface area contributed by atoms with Crippen LogP contribution in [0.25, 0.3) is 11.3 Å². The Morgan fingerprint density at radius 2 is 1.48 bits per heavy atom. The molecule has 0 spiro atoms. The summed E-state index contributed by atoms with van der Waals surface area (Å²) < 4.78 is 11.9. The zero-order chi connectivity index (χ0) is 22.2. The van der Waals surface area contributed by atoms with Crippen LogP contribution in [0.15, 0.2) is 36.5 Å². The third kappa shape index (κ3) is 10.2. The van der Waals surface area contributed by atoms with Gasteiger partial charge >= 0.3 is 6.01 Å². The Morgan fingerprint density at radius 1 is 0.806 bits per heavy atom. The third-order valence-electron chi connectivity index (χ3n) is 5.82. The van der Waals surface area contributed by atoms with Crippen molar-refractivity contribution in [2.45, 2.75) is 91.4 Å². The SMILES string of the molecule is CCCCCCCCCCCOc1cnc(OCCC(C)CC)nc1-c1ccccc1. The van der Waals surface area contributed by atoms with E-state index in [4.69, 9.17) is 9.47 Å². The Bertz CT molecular complexity index is 706. The van der Waals surface area contributed by atoms with Crippen LogP contribution in [0.2, 0.25) is 0 Å². The first kappa shape index (κ1) is 25.2. The first-order chi connectivity index (χ1) is 15.2. The molecule has 1 unspecified atom stereocenters. The highest BCUT2D eigenvalue weighted by Gasteiger charge is 2.12. The Morgan fingerprint density at radius 3 is 2.16 bits per heavy atom.